The zero-order chi connectivity index (χ0) is 12.8. The third kappa shape index (κ3) is 1.88. The number of benzene rings is 1. The van der Waals surface area contributed by atoms with Crippen LogP contribution in [0.3, 0.4) is 0 Å². The molecule has 1 aromatic rings. The lowest BCUT2D eigenvalue weighted by Crippen LogP contribution is -2.38. The highest BCUT2D eigenvalue weighted by Crippen LogP contribution is 2.58. The third-order valence-corrected chi connectivity index (χ3v) is 5.98. The van der Waals surface area contributed by atoms with Crippen LogP contribution < -0.4 is 5.32 Å². The van der Waals surface area contributed by atoms with Gasteiger partial charge in [0.25, 0.3) is 0 Å². The van der Waals surface area contributed by atoms with Gasteiger partial charge in [0.2, 0.25) is 0 Å². The lowest BCUT2D eigenvalue weighted by molar-refractivity contribution is 0.207. The van der Waals surface area contributed by atoms with E-state index in [1.54, 1.807) is 6.07 Å². The van der Waals surface area contributed by atoms with E-state index in [-0.39, 0.29) is 0 Å². The van der Waals surface area contributed by atoms with Crippen LogP contribution in [0.5, 0.6) is 5.75 Å². The van der Waals surface area contributed by atoms with Crippen molar-refractivity contribution in [3.63, 3.8) is 0 Å². The molecule has 2 nitrogen and oxygen atoms in total. The summed E-state index contributed by atoms with van der Waals surface area (Å²) in [6, 6.07) is 8.40. The van der Waals surface area contributed by atoms with Crippen LogP contribution in [-0.2, 0) is 6.54 Å². The Morgan fingerprint density at radius 3 is 2.79 bits per heavy atom. The molecule has 3 fully saturated rings. The summed E-state index contributed by atoms with van der Waals surface area (Å²) in [5.74, 6) is 4.42. The van der Waals surface area contributed by atoms with Crippen LogP contribution >= 0.6 is 0 Å². The van der Waals surface area contributed by atoms with Crippen molar-refractivity contribution in [3.05, 3.63) is 29.8 Å². The molecule has 3 aliphatic carbocycles. The van der Waals surface area contributed by atoms with Crippen molar-refractivity contribution in [2.45, 2.75) is 44.7 Å². The fourth-order valence-corrected chi connectivity index (χ4v) is 5.20. The maximum absolute atomic E-state index is 9.83. The first-order valence-electron chi connectivity index (χ1n) is 7.83. The second-order valence-corrected chi connectivity index (χ2v) is 6.77. The molecule has 3 aliphatic rings. The van der Waals surface area contributed by atoms with Gasteiger partial charge in [0, 0.05) is 18.2 Å². The Labute approximate surface area is 115 Å². The van der Waals surface area contributed by atoms with Gasteiger partial charge in [0.05, 0.1) is 0 Å². The lowest BCUT2D eigenvalue weighted by Gasteiger charge is -2.32. The summed E-state index contributed by atoms with van der Waals surface area (Å²) in [7, 11) is 0. The number of nitrogens with one attached hydrogen (secondary N) is 1. The fourth-order valence-electron chi connectivity index (χ4n) is 5.20. The van der Waals surface area contributed by atoms with E-state index in [2.05, 4.69) is 5.32 Å². The zero-order valence-corrected chi connectivity index (χ0v) is 11.4. The zero-order valence-electron chi connectivity index (χ0n) is 11.4. The predicted molar refractivity (Wildman–Crippen MR) is 75.8 cm³/mol. The molecule has 0 aliphatic heterocycles. The van der Waals surface area contributed by atoms with Crippen LogP contribution in [0.1, 0.15) is 37.7 Å². The SMILES string of the molecule is Oc1ccccc1CNC1CC2CC1C1CCCC21. The summed E-state index contributed by atoms with van der Waals surface area (Å²) in [5.41, 5.74) is 1.04. The summed E-state index contributed by atoms with van der Waals surface area (Å²) in [6.45, 7) is 0.817. The highest BCUT2D eigenvalue weighted by Gasteiger charge is 2.53. The molecular formula is C17H23NO. The predicted octanol–water partition coefficient (Wildman–Crippen LogP) is 3.31. The molecule has 2 heteroatoms. The van der Waals surface area contributed by atoms with Crippen molar-refractivity contribution in [2.24, 2.45) is 23.7 Å². The van der Waals surface area contributed by atoms with Gasteiger partial charge in [0.15, 0.2) is 0 Å². The quantitative estimate of drug-likeness (QED) is 0.870. The van der Waals surface area contributed by atoms with Gasteiger partial charge >= 0.3 is 0 Å². The Bertz CT molecular complexity index is 472. The first kappa shape index (κ1) is 11.8. The molecule has 2 bridgehead atoms. The molecule has 0 heterocycles. The van der Waals surface area contributed by atoms with E-state index >= 15 is 0 Å². The van der Waals surface area contributed by atoms with Gasteiger partial charge in [-0.3, -0.25) is 0 Å². The minimum absolute atomic E-state index is 0.428. The van der Waals surface area contributed by atoms with Crippen molar-refractivity contribution >= 4 is 0 Å². The van der Waals surface area contributed by atoms with Crippen LogP contribution in [0.2, 0.25) is 0 Å². The molecule has 0 radical (unpaired) electrons. The van der Waals surface area contributed by atoms with Crippen LogP contribution in [0.4, 0.5) is 0 Å². The van der Waals surface area contributed by atoms with Gasteiger partial charge in [-0.15, -0.1) is 0 Å². The average molecular weight is 257 g/mol. The standard InChI is InChI=1S/C17H23NO/c19-17-7-2-1-4-11(17)10-18-16-9-12-8-15(16)14-6-3-5-13(12)14/h1-2,4,7,12-16,18-19H,3,5-6,8-10H2. The number of aromatic hydroxyl groups is 1. The van der Waals surface area contributed by atoms with E-state index in [9.17, 15) is 5.11 Å². The normalized spacial score (nSPS) is 39.7. The Balaban J connectivity index is 1.41. The third-order valence-electron chi connectivity index (χ3n) is 5.98. The van der Waals surface area contributed by atoms with Gasteiger partial charge in [-0.25, -0.2) is 0 Å². The molecule has 1 aromatic carbocycles. The van der Waals surface area contributed by atoms with Crippen LogP contribution in [0, 0.1) is 23.7 Å². The average Bonchev–Trinajstić information content (AvgIpc) is 3.10. The van der Waals surface area contributed by atoms with Crippen molar-refractivity contribution in [1.82, 2.24) is 5.32 Å². The van der Waals surface area contributed by atoms with Crippen LogP contribution in [-0.4, -0.2) is 11.1 Å². The largest absolute Gasteiger partial charge is 0.508 e. The molecule has 19 heavy (non-hydrogen) atoms. The van der Waals surface area contributed by atoms with Gasteiger partial charge in [0.1, 0.15) is 5.75 Å². The van der Waals surface area contributed by atoms with E-state index in [1.807, 2.05) is 18.2 Å². The highest BCUT2D eigenvalue weighted by molar-refractivity contribution is 5.31. The smallest absolute Gasteiger partial charge is 0.120 e. The maximum atomic E-state index is 9.83. The molecule has 0 spiro atoms. The summed E-state index contributed by atoms with van der Waals surface area (Å²) in [6.07, 6.45) is 7.28. The van der Waals surface area contributed by atoms with E-state index < -0.39 is 0 Å². The first-order valence-corrected chi connectivity index (χ1v) is 7.83. The maximum Gasteiger partial charge on any atom is 0.120 e. The van der Waals surface area contributed by atoms with Gasteiger partial charge in [-0.05, 0) is 55.4 Å². The number of hydrogen-bond acceptors (Lipinski definition) is 2. The summed E-state index contributed by atoms with van der Waals surface area (Å²) >= 11 is 0. The Morgan fingerprint density at radius 2 is 1.89 bits per heavy atom. The number of phenolic OH excluding ortho intramolecular Hbond substituents is 1. The molecule has 0 saturated heterocycles. The monoisotopic (exact) mass is 257 g/mol. The lowest BCUT2D eigenvalue weighted by atomic mass is 9.79. The number of para-hydroxylation sites is 1. The minimum atomic E-state index is 0.428. The van der Waals surface area contributed by atoms with Gasteiger partial charge < -0.3 is 10.4 Å². The molecular weight excluding hydrogens is 234 g/mol. The number of rotatable bonds is 3. The Hall–Kier alpha value is -1.02. The van der Waals surface area contributed by atoms with Crippen molar-refractivity contribution in [3.8, 4) is 5.75 Å². The highest BCUT2D eigenvalue weighted by atomic mass is 16.3. The van der Waals surface area contributed by atoms with Crippen LogP contribution in [0.25, 0.3) is 0 Å². The molecule has 3 saturated carbocycles. The molecule has 2 N–H and O–H groups in total. The van der Waals surface area contributed by atoms with E-state index in [1.165, 1.54) is 32.1 Å². The number of fused-ring (bicyclic) bond motifs is 5. The van der Waals surface area contributed by atoms with Crippen LogP contribution in [0.15, 0.2) is 24.3 Å². The topological polar surface area (TPSA) is 32.3 Å². The number of hydrogen-bond donors (Lipinski definition) is 2. The van der Waals surface area contributed by atoms with Gasteiger partial charge in [-0.2, -0.15) is 0 Å². The second kappa shape index (κ2) is 4.52. The summed E-state index contributed by atoms with van der Waals surface area (Å²) in [5, 5.41) is 13.5. The Kier molecular flexibility index (Phi) is 2.80. The molecule has 5 atom stereocenters. The fraction of sp³-hybridized carbons (Fsp3) is 0.647. The summed E-state index contributed by atoms with van der Waals surface area (Å²) in [4.78, 5) is 0. The van der Waals surface area contributed by atoms with Crippen molar-refractivity contribution < 1.29 is 5.11 Å². The Morgan fingerprint density at radius 1 is 1.05 bits per heavy atom. The van der Waals surface area contributed by atoms with E-state index in [0.29, 0.717) is 11.8 Å². The van der Waals surface area contributed by atoms with E-state index in [0.717, 1.165) is 35.8 Å². The molecule has 0 aromatic heterocycles. The molecule has 5 unspecified atom stereocenters. The van der Waals surface area contributed by atoms with E-state index in [4.69, 9.17) is 0 Å². The first-order chi connectivity index (χ1) is 9.33. The summed E-state index contributed by atoms with van der Waals surface area (Å²) < 4.78 is 0. The van der Waals surface area contributed by atoms with Gasteiger partial charge in [-0.1, -0.05) is 24.6 Å². The van der Waals surface area contributed by atoms with Crippen molar-refractivity contribution in [1.29, 1.82) is 0 Å². The van der Waals surface area contributed by atoms with Crippen molar-refractivity contribution in [2.75, 3.05) is 0 Å². The minimum Gasteiger partial charge on any atom is -0.508 e. The molecule has 102 valence electrons. The second-order valence-electron chi connectivity index (χ2n) is 6.77. The molecule has 4 rings (SSSR count). The number of phenols is 1. The molecule has 0 amide bonds.